The molecule has 0 radical (unpaired) electrons. The first kappa shape index (κ1) is 13.4. The second-order valence-corrected chi connectivity index (χ2v) is 5.01. The summed E-state index contributed by atoms with van der Waals surface area (Å²) in [5, 5.41) is 0. The van der Waals surface area contributed by atoms with Crippen LogP contribution in [0.15, 0.2) is 36.4 Å². The lowest BCUT2D eigenvalue weighted by molar-refractivity contribution is 0.0743. The molecule has 5 heteroatoms. The second kappa shape index (κ2) is 5.09. The molecule has 1 aliphatic rings. The number of rotatable bonds is 2. The van der Waals surface area contributed by atoms with Crippen molar-refractivity contribution in [1.82, 2.24) is 4.90 Å². The van der Waals surface area contributed by atoms with E-state index in [1.54, 1.807) is 17.0 Å². The van der Waals surface area contributed by atoms with Gasteiger partial charge in [-0.25, -0.2) is 4.39 Å². The van der Waals surface area contributed by atoms with Crippen molar-refractivity contribution < 1.29 is 13.9 Å². The fourth-order valence-corrected chi connectivity index (χ4v) is 2.60. The van der Waals surface area contributed by atoms with Gasteiger partial charge in [-0.2, -0.15) is 0 Å². The second-order valence-electron chi connectivity index (χ2n) is 5.01. The summed E-state index contributed by atoms with van der Waals surface area (Å²) in [5.74, 6) is -0.704. The normalized spacial score (nSPS) is 13.1. The number of fused-ring (bicyclic) bond motifs is 1. The number of ether oxygens (including phenoxy) is 1. The molecule has 0 fully saturated rings. The quantitative estimate of drug-likeness (QED) is 0.863. The fourth-order valence-electron chi connectivity index (χ4n) is 2.60. The zero-order valence-corrected chi connectivity index (χ0v) is 11.6. The van der Waals surface area contributed by atoms with Gasteiger partial charge in [0.1, 0.15) is 17.1 Å². The third kappa shape index (κ3) is 2.31. The van der Waals surface area contributed by atoms with Crippen molar-refractivity contribution in [2.24, 2.45) is 0 Å². The molecule has 2 aromatic carbocycles. The van der Waals surface area contributed by atoms with Crippen LogP contribution in [0.25, 0.3) is 0 Å². The number of anilines is 1. The summed E-state index contributed by atoms with van der Waals surface area (Å²) in [6, 6.07) is 9.91. The Labute approximate surface area is 121 Å². The standard InChI is InChI=1S/C16H15FN2O2/c1-21-14-4-2-3-13(17)15(14)16(20)19-8-10-5-6-12(18)7-11(10)9-19/h2-7H,8-9,18H2,1H3. The summed E-state index contributed by atoms with van der Waals surface area (Å²) in [6.45, 7) is 0.878. The molecule has 0 saturated heterocycles. The Morgan fingerprint density at radius 3 is 2.76 bits per heavy atom. The number of carbonyl (C=O) groups excluding carboxylic acids is 1. The van der Waals surface area contributed by atoms with Crippen LogP contribution in [-0.4, -0.2) is 17.9 Å². The van der Waals surface area contributed by atoms with Crippen molar-refractivity contribution in [3.05, 3.63) is 58.9 Å². The van der Waals surface area contributed by atoms with Crippen LogP contribution in [0.4, 0.5) is 10.1 Å². The summed E-state index contributed by atoms with van der Waals surface area (Å²) >= 11 is 0. The first-order valence-corrected chi connectivity index (χ1v) is 6.59. The number of amides is 1. The highest BCUT2D eigenvalue weighted by Crippen LogP contribution is 2.29. The smallest absolute Gasteiger partial charge is 0.261 e. The summed E-state index contributed by atoms with van der Waals surface area (Å²) in [6.07, 6.45) is 0. The minimum Gasteiger partial charge on any atom is -0.496 e. The predicted molar refractivity (Wildman–Crippen MR) is 77.4 cm³/mol. The van der Waals surface area contributed by atoms with Crippen LogP contribution < -0.4 is 10.5 Å². The highest BCUT2D eigenvalue weighted by Gasteiger charge is 2.28. The lowest BCUT2D eigenvalue weighted by Gasteiger charge is -2.17. The Morgan fingerprint density at radius 2 is 2.00 bits per heavy atom. The number of hydrogen-bond donors (Lipinski definition) is 1. The largest absolute Gasteiger partial charge is 0.496 e. The number of benzene rings is 2. The van der Waals surface area contributed by atoms with E-state index in [-0.39, 0.29) is 17.2 Å². The topological polar surface area (TPSA) is 55.6 Å². The average molecular weight is 286 g/mol. The highest BCUT2D eigenvalue weighted by molar-refractivity contribution is 5.97. The van der Waals surface area contributed by atoms with Gasteiger partial charge < -0.3 is 15.4 Å². The fraction of sp³-hybridized carbons (Fsp3) is 0.188. The summed E-state index contributed by atoms with van der Waals surface area (Å²) < 4.78 is 19.1. The van der Waals surface area contributed by atoms with Crippen molar-refractivity contribution in [3.8, 4) is 5.75 Å². The number of nitrogens with two attached hydrogens (primary N) is 1. The van der Waals surface area contributed by atoms with Crippen molar-refractivity contribution in [1.29, 1.82) is 0 Å². The van der Waals surface area contributed by atoms with Crippen molar-refractivity contribution in [2.45, 2.75) is 13.1 Å². The molecule has 0 unspecified atom stereocenters. The highest BCUT2D eigenvalue weighted by atomic mass is 19.1. The van der Waals surface area contributed by atoms with E-state index in [1.165, 1.54) is 19.2 Å². The molecule has 2 N–H and O–H groups in total. The number of nitrogens with zero attached hydrogens (tertiary/aromatic N) is 1. The van der Waals surface area contributed by atoms with E-state index < -0.39 is 5.82 Å². The number of halogens is 1. The molecule has 1 heterocycles. The third-order valence-electron chi connectivity index (χ3n) is 3.65. The molecule has 0 aliphatic carbocycles. The number of hydrogen-bond acceptors (Lipinski definition) is 3. The van der Waals surface area contributed by atoms with Gasteiger partial charge >= 0.3 is 0 Å². The Kier molecular flexibility index (Phi) is 3.25. The van der Waals surface area contributed by atoms with E-state index >= 15 is 0 Å². The maximum Gasteiger partial charge on any atom is 0.261 e. The molecule has 0 saturated carbocycles. The van der Waals surface area contributed by atoms with Gasteiger partial charge in [0.25, 0.3) is 5.91 Å². The van der Waals surface area contributed by atoms with Gasteiger partial charge in [0.15, 0.2) is 0 Å². The van der Waals surface area contributed by atoms with Gasteiger partial charge in [0.2, 0.25) is 0 Å². The molecule has 1 aliphatic heterocycles. The first-order chi connectivity index (χ1) is 10.1. The summed E-state index contributed by atoms with van der Waals surface area (Å²) in [5.41, 5.74) is 8.42. The number of nitrogen functional groups attached to an aromatic ring is 1. The molecule has 2 aromatic rings. The van der Waals surface area contributed by atoms with Gasteiger partial charge in [0.05, 0.1) is 7.11 Å². The van der Waals surface area contributed by atoms with Crippen LogP contribution in [0, 0.1) is 5.82 Å². The van der Waals surface area contributed by atoms with Crippen LogP contribution >= 0.6 is 0 Å². The molecule has 21 heavy (non-hydrogen) atoms. The predicted octanol–water partition coefficient (Wildman–Crippen LogP) is 2.57. The van der Waals surface area contributed by atoms with Crippen molar-refractivity contribution >= 4 is 11.6 Å². The summed E-state index contributed by atoms with van der Waals surface area (Å²) in [4.78, 5) is 14.2. The van der Waals surface area contributed by atoms with E-state index in [4.69, 9.17) is 10.5 Å². The molecule has 0 atom stereocenters. The van der Waals surface area contributed by atoms with Gasteiger partial charge in [-0.1, -0.05) is 12.1 Å². The van der Waals surface area contributed by atoms with Crippen LogP contribution in [-0.2, 0) is 13.1 Å². The molecule has 1 amide bonds. The van der Waals surface area contributed by atoms with E-state index in [2.05, 4.69) is 0 Å². The van der Waals surface area contributed by atoms with Crippen LogP contribution in [0.3, 0.4) is 0 Å². The Balaban J connectivity index is 1.92. The minimum absolute atomic E-state index is 0.0271. The minimum atomic E-state index is -0.574. The maximum atomic E-state index is 14.0. The Bertz CT molecular complexity index is 715. The lowest BCUT2D eigenvalue weighted by Crippen LogP contribution is -2.26. The van der Waals surface area contributed by atoms with E-state index in [9.17, 15) is 9.18 Å². The van der Waals surface area contributed by atoms with Gasteiger partial charge in [-0.15, -0.1) is 0 Å². The molecule has 3 rings (SSSR count). The molecule has 4 nitrogen and oxygen atoms in total. The molecule has 108 valence electrons. The third-order valence-corrected chi connectivity index (χ3v) is 3.65. The van der Waals surface area contributed by atoms with Crippen LogP contribution in [0.2, 0.25) is 0 Å². The Morgan fingerprint density at radius 1 is 1.24 bits per heavy atom. The lowest BCUT2D eigenvalue weighted by atomic mass is 10.1. The number of carbonyl (C=O) groups is 1. The van der Waals surface area contributed by atoms with E-state index in [0.717, 1.165) is 11.1 Å². The van der Waals surface area contributed by atoms with Crippen LogP contribution in [0.1, 0.15) is 21.5 Å². The van der Waals surface area contributed by atoms with Crippen molar-refractivity contribution in [2.75, 3.05) is 12.8 Å². The van der Waals surface area contributed by atoms with Gasteiger partial charge in [-0.3, -0.25) is 4.79 Å². The van der Waals surface area contributed by atoms with E-state index in [1.807, 2.05) is 12.1 Å². The zero-order chi connectivity index (χ0) is 15.0. The van der Waals surface area contributed by atoms with Gasteiger partial charge in [0, 0.05) is 18.8 Å². The number of methoxy groups -OCH3 is 1. The molecule has 0 spiro atoms. The molecular weight excluding hydrogens is 271 g/mol. The maximum absolute atomic E-state index is 14.0. The molecule has 0 aromatic heterocycles. The van der Waals surface area contributed by atoms with Crippen molar-refractivity contribution in [3.63, 3.8) is 0 Å². The first-order valence-electron chi connectivity index (χ1n) is 6.59. The van der Waals surface area contributed by atoms with Crippen LogP contribution in [0.5, 0.6) is 5.75 Å². The summed E-state index contributed by atoms with van der Waals surface area (Å²) in [7, 11) is 1.42. The molecular formula is C16H15FN2O2. The Hall–Kier alpha value is -2.56. The zero-order valence-electron chi connectivity index (χ0n) is 11.6. The average Bonchev–Trinajstić information content (AvgIpc) is 2.89. The monoisotopic (exact) mass is 286 g/mol. The van der Waals surface area contributed by atoms with E-state index in [0.29, 0.717) is 18.8 Å². The molecule has 0 bridgehead atoms. The SMILES string of the molecule is COc1cccc(F)c1C(=O)N1Cc2ccc(N)cc2C1. The van der Waals surface area contributed by atoms with Gasteiger partial charge in [-0.05, 0) is 35.4 Å².